The first-order valence-corrected chi connectivity index (χ1v) is 22.2. The third-order valence-electron chi connectivity index (χ3n) is 13.5. The van der Waals surface area contributed by atoms with Gasteiger partial charge in [0.05, 0.1) is 5.69 Å². The maximum absolute atomic E-state index is 2.46. The molecule has 0 N–H and O–H groups in total. The molecule has 13 aromatic carbocycles. The van der Waals surface area contributed by atoms with Crippen molar-refractivity contribution in [3.63, 3.8) is 0 Å². The molecule has 62 heavy (non-hydrogen) atoms. The molecule has 0 saturated carbocycles. The second kappa shape index (κ2) is 12.9. The fourth-order valence-electron chi connectivity index (χ4n) is 10.6. The zero-order valence-electron chi connectivity index (χ0n) is 33.6. The molecule has 1 heterocycles. The molecule has 0 fully saturated rings. The van der Waals surface area contributed by atoms with Gasteiger partial charge in [-0.05, 0) is 147 Å². The number of hydrogen-bond donors (Lipinski definition) is 0. The Kier molecular flexibility index (Phi) is 7.05. The van der Waals surface area contributed by atoms with Crippen molar-refractivity contribution in [3.05, 3.63) is 212 Å². The molecule has 0 saturated heterocycles. The molecule has 1 nitrogen and oxygen atoms in total. The molecule has 0 atom stereocenters. The number of anilines is 3. The highest BCUT2D eigenvalue weighted by Gasteiger charge is 2.21. The maximum Gasteiger partial charge on any atom is 0.0540 e. The summed E-state index contributed by atoms with van der Waals surface area (Å²) in [5, 5.41) is 23.0. The lowest BCUT2D eigenvalue weighted by molar-refractivity contribution is 1.31. The van der Waals surface area contributed by atoms with Gasteiger partial charge in [-0.2, -0.15) is 0 Å². The first kappa shape index (κ1) is 34.0. The Balaban J connectivity index is 0.994. The molecular formula is C60H35NS. The van der Waals surface area contributed by atoms with Gasteiger partial charge >= 0.3 is 0 Å². The summed E-state index contributed by atoms with van der Waals surface area (Å²) in [6.45, 7) is 0. The molecular weight excluding hydrogens is 767 g/mol. The third-order valence-corrected chi connectivity index (χ3v) is 14.6. The summed E-state index contributed by atoms with van der Waals surface area (Å²) in [6, 6.07) is 79.5. The molecule has 14 rings (SSSR count). The van der Waals surface area contributed by atoms with Crippen molar-refractivity contribution < 1.29 is 0 Å². The molecule has 1 aromatic heterocycles. The van der Waals surface area contributed by atoms with Crippen LogP contribution in [0.4, 0.5) is 17.1 Å². The van der Waals surface area contributed by atoms with Crippen LogP contribution in [0.2, 0.25) is 0 Å². The molecule has 0 unspecified atom stereocenters. The fourth-order valence-corrected chi connectivity index (χ4v) is 11.8. The zero-order valence-corrected chi connectivity index (χ0v) is 34.4. The minimum atomic E-state index is 1.14. The van der Waals surface area contributed by atoms with Crippen LogP contribution < -0.4 is 4.90 Å². The maximum atomic E-state index is 2.46. The van der Waals surface area contributed by atoms with Crippen LogP contribution in [0.25, 0.3) is 117 Å². The standard InChI is InChI=1S/C60H35NS/c1-3-11-40-31-43(24-17-36(40)9-1)61(44-25-18-37-10-2-4-12-41(37)32-44)56-30-23-39-20-28-50-45(26-19-38-21-29-51(56)60(39)59(38)50)42-22-27-48-52(33-42)46-13-5-6-14-47(46)53-34-55-49-15-7-8-16-57(49)62-58(55)35-54(48)53/h1-35H. The lowest BCUT2D eigenvalue weighted by Crippen LogP contribution is -2.10. The monoisotopic (exact) mass is 801 g/mol. The minimum absolute atomic E-state index is 1.14. The Bertz CT molecular complexity index is 4100. The van der Waals surface area contributed by atoms with Crippen molar-refractivity contribution in [1.29, 1.82) is 0 Å². The Morgan fingerprint density at radius 3 is 1.52 bits per heavy atom. The summed E-state index contributed by atoms with van der Waals surface area (Å²) in [4.78, 5) is 2.46. The van der Waals surface area contributed by atoms with Crippen LogP contribution in [-0.2, 0) is 0 Å². The lowest BCUT2D eigenvalue weighted by atomic mass is 9.87. The first-order valence-electron chi connectivity index (χ1n) is 21.4. The molecule has 0 aliphatic rings. The van der Waals surface area contributed by atoms with Crippen LogP contribution in [0.15, 0.2) is 212 Å². The SMILES string of the molecule is c1ccc2cc(N(c3ccc4ccccc4c3)c3ccc4ccc5c(-c6ccc7c(c6)c6ccccc6c6cc8c(cc76)sc6ccccc68)ccc6ccc3c4c65)ccc2c1. The molecule has 2 heteroatoms. The molecule has 0 aliphatic carbocycles. The fraction of sp³-hybridized carbons (Fsp3) is 0. The predicted octanol–water partition coefficient (Wildman–Crippen LogP) is 17.9. The highest BCUT2D eigenvalue weighted by atomic mass is 32.1. The Morgan fingerprint density at radius 1 is 0.274 bits per heavy atom. The van der Waals surface area contributed by atoms with E-state index in [4.69, 9.17) is 0 Å². The highest BCUT2D eigenvalue weighted by molar-refractivity contribution is 7.25. The van der Waals surface area contributed by atoms with Gasteiger partial charge in [-0.15, -0.1) is 11.3 Å². The topological polar surface area (TPSA) is 3.24 Å². The average Bonchev–Trinajstić information content (AvgIpc) is 3.70. The Morgan fingerprint density at radius 2 is 0.790 bits per heavy atom. The molecule has 0 amide bonds. The zero-order chi connectivity index (χ0) is 40.5. The van der Waals surface area contributed by atoms with Gasteiger partial charge in [-0.3, -0.25) is 0 Å². The summed E-state index contributed by atoms with van der Waals surface area (Å²) < 4.78 is 2.68. The van der Waals surface area contributed by atoms with Crippen molar-refractivity contribution >= 4 is 135 Å². The summed E-state index contributed by atoms with van der Waals surface area (Å²) in [6.07, 6.45) is 0. The molecule has 14 aromatic rings. The van der Waals surface area contributed by atoms with E-state index in [-0.39, 0.29) is 0 Å². The normalized spacial score (nSPS) is 12.2. The minimum Gasteiger partial charge on any atom is -0.310 e. The van der Waals surface area contributed by atoms with E-state index < -0.39 is 0 Å². The van der Waals surface area contributed by atoms with E-state index in [9.17, 15) is 0 Å². The van der Waals surface area contributed by atoms with Crippen LogP contribution in [0, 0.1) is 0 Å². The second-order valence-electron chi connectivity index (χ2n) is 16.8. The first-order chi connectivity index (χ1) is 30.7. The van der Waals surface area contributed by atoms with Gasteiger partial charge in [0.2, 0.25) is 0 Å². The summed E-state index contributed by atoms with van der Waals surface area (Å²) in [7, 11) is 0. The smallest absolute Gasteiger partial charge is 0.0540 e. The van der Waals surface area contributed by atoms with E-state index in [1.807, 2.05) is 11.3 Å². The number of rotatable bonds is 4. The van der Waals surface area contributed by atoms with Crippen LogP contribution in [0.1, 0.15) is 0 Å². The van der Waals surface area contributed by atoms with E-state index in [1.54, 1.807) is 0 Å². The average molecular weight is 802 g/mol. The Hall–Kier alpha value is -7.78. The van der Waals surface area contributed by atoms with E-state index in [1.165, 1.54) is 123 Å². The molecule has 0 aliphatic heterocycles. The van der Waals surface area contributed by atoms with Crippen molar-refractivity contribution in [1.82, 2.24) is 0 Å². The summed E-state index contributed by atoms with van der Waals surface area (Å²) >= 11 is 1.89. The summed E-state index contributed by atoms with van der Waals surface area (Å²) in [5.41, 5.74) is 5.93. The van der Waals surface area contributed by atoms with E-state index >= 15 is 0 Å². The van der Waals surface area contributed by atoms with Gasteiger partial charge in [0.1, 0.15) is 0 Å². The molecule has 0 radical (unpaired) electrons. The largest absolute Gasteiger partial charge is 0.310 e. The quantitative estimate of drug-likeness (QED) is 0.160. The second-order valence-corrected chi connectivity index (χ2v) is 17.9. The van der Waals surface area contributed by atoms with Crippen LogP contribution in [0.5, 0.6) is 0 Å². The number of fused-ring (bicyclic) bond motifs is 11. The number of nitrogens with zero attached hydrogens (tertiary/aromatic N) is 1. The van der Waals surface area contributed by atoms with Crippen LogP contribution in [0.3, 0.4) is 0 Å². The van der Waals surface area contributed by atoms with E-state index in [0.29, 0.717) is 0 Å². The molecule has 0 bridgehead atoms. The van der Waals surface area contributed by atoms with Gasteiger partial charge in [0.15, 0.2) is 0 Å². The van der Waals surface area contributed by atoms with Gasteiger partial charge in [0.25, 0.3) is 0 Å². The van der Waals surface area contributed by atoms with E-state index in [2.05, 4.69) is 217 Å². The van der Waals surface area contributed by atoms with Gasteiger partial charge in [-0.1, -0.05) is 158 Å². The number of thiophene rings is 1. The summed E-state index contributed by atoms with van der Waals surface area (Å²) in [5.74, 6) is 0. The Labute approximate surface area is 361 Å². The molecule has 0 spiro atoms. The predicted molar refractivity (Wildman–Crippen MR) is 271 cm³/mol. The van der Waals surface area contributed by atoms with Crippen molar-refractivity contribution in [3.8, 4) is 11.1 Å². The molecule has 286 valence electrons. The van der Waals surface area contributed by atoms with Gasteiger partial charge < -0.3 is 4.90 Å². The third kappa shape index (κ3) is 4.90. The highest BCUT2D eigenvalue weighted by Crippen LogP contribution is 2.48. The number of hydrogen-bond acceptors (Lipinski definition) is 2. The van der Waals surface area contributed by atoms with Crippen LogP contribution in [-0.4, -0.2) is 0 Å². The van der Waals surface area contributed by atoms with Crippen molar-refractivity contribution in [2.75, 3.05) is 4.90 Å². The van der Waals surface area contributed by atoms with Gasteiger partial charge in [0, 0.05) is 36.9 Å². The van der Waals surface area contributed by atoms with Crippen molar-refractivity contribution in [2.45, 2.75) is 0 Å². The van der Waals surface area contributed by atoms with E-state index in [0.717, 1.165) is 11.4 Å². The number of benzene rings is 13. The van der Waals surface area contributed by atoms with Crippen LogP contribution >= 0.6 is 11.3 Å². The van der Waals surface area contributed by atoms with Crippen molar-refractivity contribution in [2.24, 2.45) is 0 Å². The van der Waals surface area contributed by atoms with Gasteiger partial charge in [-0.25, -0.2) is 0 Å². The lowest BCUT2D eigenvalue weighted by Gasteiger charge is -2.28.